The molecule has 1 N–H and O–H groups in total. The number of hydrogen-bond donors (Lipinski definition) is 1. The molecule has 2 aromatic carbocycles. The number of nitro groups is 1. The lowest BCUT2D eigenvalue weighted by molar-refractivity contribution is -0.384. The van der Waals surface area contributed by atoms with E-state index in [4.69, 9.17) is 0 Å². The summed E-state index contributed by atoms with van der Waals surface area (Å²) in [7, 11) is -3.89. The summed E-state index contributed by atoms with van der Waals surface area (Å²) in [4.78, 5) is 10.1. The van der Waals surface area contributed by atoms with Crippen LogP contribution >= 0.6 is 0 Å². The van der Waals surface area contributed by atoms with Gasteiger partial charge in [0.05, 0.1) is 15.9 Å². The predicted octanol–water partition coefficient (Wildman–Crippen LogP) is 2.38. The summed E-state index contributed by atoms with van der Waals surface area (Å²) in [6.45, 7) is 0. The summed E-state index contributed by atoms with van der Waals surface area (Å²) in [5.74, 6) is 0.578. The molecule has 1 aliphatic rings. The molecule has 1 fully saturated rings. The van der Waals surface area contributed by atoms with E-state index in [1.165, 1.54) is 12.1 Å². The van der Waals surface area contributed by atoms with Crippen molar-refractivity contribution in [1.29, 1.82) is 0 Å². The maximum Gasteiger partial charge on any atom is 0.269 e. The van der Waals surface area contributed by atoms with Crippen molar-refractivity contribution in [2.75, 3.05) is 4.72 Å². The number of nitrogens with one attached hydrogen (secondary N) is 1. The summed E-state index contributed by atoms with van der Waals surface area (Å²) < 4.78 is 29.3. The Morgan fingerprint density at radius 3 is 2.56 bits per heavy atom. The van der Waals surface area contributed by atoms with E-state index >= 15 is 0 Å². The van der Waals surface area contributed by atoms with Crippen molar-refractivity contribution in [2.45, 2.75) is 23.8 Å². The fraction of sp³-hybridized carbons (Fsp3) is 0.188. The van der Waals surface area contributed by atoms with Crippen LogP contribution in [-0.2, 0) is 10.0 Å². The molecule has 0 saturated heterocycles. The van der Waals surface area contributed by atoms with Gasteiger partial charge in [0.2, 0.25) is 0 Å². The van der Waals surface area contributed by atoms with E-state index in [-0.39, 0.29) is 16.6 Å². The average Bonchev–Trinajstić information content (AvgIpc) is 3.38. The Balaban J connectivity index is 1.60. The van der Waals surface area contributed by atoms with Crippen molar-refractivity contribution in [2.24, 2.45) is 0 Å². The first-order chi connectivity index (χ1) is 12.9. The van der Waals surface area contributed by atoms with Gasteiger partial charge in [-0.15, -0.1) is 5.10 Å². The lowest BCUT2D eigenvalue weighted by Gasteiger charge is -2.09. The zero-order valence-electron chi connectivity index (χ0n) is 13.9. The van der Waals surface area contributed by atoms with Crippen LogP contribution in [0.2, 0.25) is 0 Å². The van der Waals surface area contributed by atoms with Crippen LogP contribution in [0.1, 0.15) is 18.9 Å². The summed E-state index contributed by atoms with van der Waals surface area (Å²) >= 11 is 0. The third-order valence-corrected chi connectivity index (χ3v) is 5.51. The van der Waals surface area contributed by atoms with Crippen molar-refractivity contribution >= 4 is 21.4 Å². The molecule has 3 aromatic rings. The van der Waals surface area contributed by atoms with Crippen LogP contribution in [0.3, 0.4) is 0 Å². The topological polar surface area (TPSA) is 133 Å². The number of sulfonamides is 1. The number of anilines is 1. The van der Waals surface area contributed by atoms with Gasteiger partial charge >= 0.3 is 0 Å². The number of hydrogen-bond acceptors (Lipinski definition) is 7. The van der Waals surface area contributed by atoms with Crippen LogP contribution in [0.4, 0.5) is 11.4 Å². The highest BCUT2D eigenvalue weighted by Gasteiger charge is 2.28. The molecule has 0 atom stereocenters. The zero-order chi connectivity index (χ0) is 19.0. The van der Waals surface area contributed by atoms with Gasteiger partial charge in [0.1, 0.15) is 0 Å². The van der Waals surface area contributed by atoms with Crippen LogP contribution < -0.4 is 4.72 Å². The van der Waals surface area contributed by atoms with E-state index in [9.17, 15) is 18.5 Å². The molecule has 1 saturated carbocycles. The number of aromatic nitrogens is 4. The lowest BCUT2D eigenvalue weighted by atomic mass is 10.2. The van der Waals surface area contributed by atoms with Gasteiger partial charge in [0, 0.05) is 23.4 Å². The Bertz CT molecular complexity index is 1110. The molecule has 0 radical (unpaired) electrons. The number of nitrogens with zero attached hydrogens (tertiary/aromatic N) is 5. The first kappa shape index (κ1) is 17.1. The molecule has 4 rings (SSSR count). The van der Waals surface area contributed by atoms with E-state index in [0.717, 1.165) is 25.0 Å². The van der Waals surface area contributed by atoms with Crippen molar-refractivity contribution in [3.8, 4) is 11.4 Å². The number of non-ortho nitro benzene ring substituents is 1. The Morgan fingerprint density at radius 1 is 1.15 bits per heavy atom. The third kappa shape index (κ3) is 3.49. The molecule has 1 heterocycles. The second-order valence-electron chi connectivity index (χ2n) is 6.12. The lowest BCUT2D eigenvalue weighted by Crippen LogP contribution is -2.13. The van der Waals surface area contributed by atoms with E-state index in [1.807, 2.05) is 0 Å². The van der Waals surface area contributed by atoms with Gasteiger partial charge in [0.15, 0.2) is 5.82 Å². The molecule has 0 amide bonds. The molecule has 1 aliphatic carbocycles. The van der Waals surface area contributed by atoms with E-state index in [2.05, 4.69) is 20.2 Å². The summed E-state index contributed by atoms with van der Waals surface area (Å²) in [6, 6.07) is 11.7. The third-order valence-electron chi connectivity index (χ3n) is 4.12. The number of rotatable bonds is 6. The fourth-order valence-corrected chi connectivity index (χ4v) is 3.68. The molecule has 0 bridgehead atoms. The largest absolute Gasteiger partial charge is 0.280 e. The second kappa shape index (κ2) is 6.43. The quantitative estimate of drug-likeness (QED) is 0.508. The van der Waals surface area contributed by atoms with Gasteiger partial charge in [0.25, 0.3) is 15.7 Å². The van der Waals surface area contributed by atoms with E-state index in [1.54, 1.807) is 28.9 Å². The van der Waals surface area contributed by atoms with Crippen LogP contribution in [0, 0.1) is 10.1 Å². The number of nitro benzene ring substituents is 1. The van der Waals surface area contributed by atoms with Crippen molar-refractivity contribution in [3.05, 3.63) is 58.6 Å². The highest BCUT2D eigenvalue weighted by atomic mass is 32.2. The maximum atomic E-state index is 12.5. The van der Waals surface area contributed by atoms with Gasteiger partial charge in [-0.05, 0) is 47.5 Å². The first-order valence-corrected chi connectivity index (χ1v) is 9.58. The smallest absolute Gasteiger partial charge is 0.269 e. The number of tetrazole rings is 1. The molecular weight excluding hydrogens is 372 g/mol. The first-order valence-electron chi connectivity index (χ1n) is 8.09. The second-order valence-corrected chi connectivity index (χ2v) is 7.80. The highest BCUT2D eigenvalue weighted by molar-refractivity contribution is 7.92. The minimum absolute atomic E-state index is 0.0682. The maximum absolute atomic E-state index is 12.5. The Hall–Kier alpha value is -3.34. The van der Waals surface area contributed by atoms with E-state index in [0.29, 0.717) is 17.1 Å². The van der Waals surface area contributed by atoms with Crippen molar-refractivity contribution < 1.29 is 13.3 Å². The van der Waals surface area contributed by atoms with Crippen molar-refractivity contribution in [1.82, 2.24) is 20.2 Å². The van der Waals surface area contributed by atoms with Crippen LogP contribution in [0.25, 0.3) is 11.4 Å². The molecule has 0 unspecified atom stereocenters. The molecule has 11 heteroatoms. The molecule has 27 heavy (non-hydrogen) atoms. The number of benzene rings is 2. The Kier molecular flexibility index (Phi) is 4.07. The minimum Gasteiger partial charge on any atom is -0.280 e. The van der Waals surface area contributed by atoms with Gasteiger partial charge in [-0.1, -0.05) is 12.1 Å². The summed E-state index contributed by atoms with van der Waals surface area (Å²) in [6.07, 6.45) is 2.04. The van der Waals surface area contributed by atoms with Crippen molar-refractivity contribution in [3.63, 3.8) is 0 Å². The zero-order valence-corrected chi connectivity index (χ0v) is 14.7. The van der Waals surface area contributed by atoms with E-state index < -0.39 is 14.9 Å². The summed E-state index contributed by atoms with van der Waals surface area (Å²) in [5, 5.41) is 22.4. The molecule has 10 nitrogen and oxygen atoms in total. The van der Waals surface area contributed by atoms with Gasteiger partial charge in [-0.25, -0.2) is 13.1 Å². The van der Waals surface area contributed by atoms with Gasteiger partial charge in [-0.2, -0.15) is 0 Å². The fourth-order valence-electron chi connectivity index (χ4n) is 2.63. The Labute approximate surface area is 154 Å². The normalized spacial score (nSPS) is 14.1. The molecule has 138 valence electrons. The molecule has 0 aliphatic heterocycles. The monoisotopic (exact) mass is 386 g/mol. The Morgan fingerprint density at radius 2 is 1.89 bits per heavy atom. The molecule has 1 aromatic heterocycles. The predicted molar refractivity (Wildman–Crippen MR) is 95.4 cm³/mol. The summed E-state index contributed by atoms with van der Waals surface area (Å²) in [5.41, 5.74) is 0.856. The van der Waals surface area contributed by atoms with Crippen LogP contribution in [0.5, 0.6) is 0 Å². The van der Waals surface area contributed by atoms with Crippen LogP contribution in [0.15, 0.2) is 53.4 Å². The average molecular weight is 386 g/mol. The molecular formula is C16H14N6O4S. The molecule has 0 spiro atoms. The van der Waals surface area contributed by atoms with Gasteiger partial charge < -0.3 is 0 Å². The standard InChI is InChI=1S/C16H14N6O4S/c23-22(24)14-6-8-15(9-7-14)27(25,26)18-12-3-1-2-11(10-12)16-17-19-20-21(16)13-4-5-13/h1-3,6-10,13,18H,4-5H2. The van der Waals surface area contributed by atoms with Gasteiger partial charge in [-0.3, -0.25) is 14.8 Å². The van der Waals surface area contributed by atoms with Crippen LogP contribution in [-0.4, -0.2) is 33.5 Å². The SMILES string of the molecule is O=[N+]([O-])c1ccc(S(=O)(=O)Nc2cccc(-c3nnnn3C3CC3)c2)cc1. The minimum atomic E-state index is -3.89. The highest BCUT2D eigenvalue weighted by Crippen LogP contribution is 2.36.